The lowest BCUT2D eigenvalue weighted by atomic mass is 10.2. The van der Waals surface area contributed by atoms with Crippen molar-refractivity contribution in [3.63, 3.8) is 0 Å². The zero-order valence-corrected chi connectivity index (χ0v) is 18.6. The van der Waals surface area contributed by atoms with Crippen LogP contribution in [0.1, 0.15) is 15.9 Å². The molecule has 0 saturated heterocycles. The minimum Gasteiger partial charge on any atom is -0.497 e. The molecule has 4 rings (SSSR count). The van der Waals surface area contributed by atoms with Crippen molar-refractivity contribution in [1.29, 1.82) is 0 Å². The highest BCUT2D eigenvalue weighted by Gasteiger charge is 2.18. The molecule has 4 aromatic rings. The Kier molecular flexibility index (Phi) is 6.07. The number of benzene rings is 3. The van der Waals surface area contributed by atoms with Crippen LogP contribution >= 0.6 is 11.6 Å². The molecule has 3 N–H and O–H groups in total. The number of sulfonamides is 1. The number of ether oxygens (including phenoxy) is 1. The Labute approximate surface area is 190 Å². The second kappa shape index (κ2) is 8.94. The SMILES string of the molecule is COc1ccc(CNC(=O)c2cccc(S(=O)(=O)Nc3cccc4c(Cl)c[nH]c34)c2)cc1. The van der Waals surface area contributed by atoms with E-state index in [1.165, 1.54) is 18.2 Å². The van der Waals surface area contributed by atoms with E-state index in [0.29, 0.717) is 28.2 Å². The first kappa shape index (κ1) is 21.7. The molecule has 0 bridgehead atoms. The van der Waals surface area contributed by atoms with E-state index in [1.54, 1.807) is 49.7 Å². The van der Waals surface area contributed by atoms with Gasteiger partial charge >= 0.3 is 0 Å². The number of carbonyl (C=O) groups is 1. The van der Waals surface area contributed by atoms with Crippen molar-refractivity contribution < 1.29 is 17.9 Å². The third-order valence-electron chi connectivity index (χ3n) is 4.93. The number of H-pyrrole nitrogens is 1. The van der Waals surface area contributed by atoms with Crippen molar-refractivity contribution in [3.05, 3.63) is 89.1 Å². The van der Waals surface area contributed by atoms with Crippen molar-refractivity contribution in [2.45, 2.75) is 11.4 Å². The van der Waals surface area contributed by atoms with Crippen LogP contribution in [0.4, 0.5) is 5.69 Å². The predicted molar refractivity (Wildman–Crippen MR) is 125 cm³/mol. The number of amides is 1. The number of para-hydroxylation sites is 1. The number of nitrogens with one attached hydrogen (secondary N) is 3. The molecule has 0 aliphatic heterocycles. The van der Waals surface area contributed by atoms with Crippen molar-refractivity contribution in [3.8, 4) is 5.75 Å². The summed E-state index contributed by atoms with van der Waals surface area (Å²) in [6, 6.07) is 18.3. The molecule has 3 aromatic carbocycles. The second-order valence-corrected chi connectivity index (χ2v) is 9.12. The summed E-state index contributed by atoms with van der Waals surface area (Å²) in [5.41, 5.74) is 2.07. The first-order valence-corrected chi connectivity index (χ1v) is 11.5. The van der Waals surface area contributed by atoms with Crippen molar-refractivity contribution >= 4 is 44.1 Å². The van der Waals surface area contributed by atoms with Crippen LogP contribution in [-0.4, -0.2) is 26.4 Å². The van der Waals surface area contributed by atoms with Gasteiger partial charge in [-0.3, -0.25) is 9.52 Å². The molecule has 0 fully saturated rings. The Bertz CT molecular complexity index is 1380. The Hall–Kier alpha value is -3.49. The molecule has 9 heteroatoms. The van der Waals surface area contributed by atoms with Crippen LogP contribution in [0.5, 0.6) is 5.75 Å². The van der Waals surface area contributed by atoms with Crippen LogP contribution in [0, 0.1) is 0 Å². The normalized spacial score (nSPS) is 11.3. The smallest absolute Gasteiger partial charge is 0.261 e. The molecule has 0 atom stereocenters. The van der Waals surface area contributed by atoms with Crippen LogP contribution in [0.2, 0.25) is 5.02 Å². The zero-order chi connectivity index (χ0) is 22.7. The van der Waals surface area contributed by atoms with Crippen LogP contribution in [0.15, 0.2) is 77.8 Å². The van der Waals surface area contributed by atoms with Gasteiger partial charge in [0.1, 0.15) is 5.75 Å². The van der Waals surface area contributed by atoms with Crippen LogP contribution in [0.25, 0.3) is 10.9 Å². The summed E-state index contributed by atoms with van der Waals surface area (Å²) in [7, 11) is -2.35. The molecule has 7 nitrogen and oxygen atoms in total. The molecule has 1 amide bonds. The number of rotatable bonds is 7. The number of halogens is 1. The van der Waals surface area contributed by atoms with Gasteiger partial charge in [-0.15, -0.1) is 0 Å². The van der Waals surface area contributed by atoms with Gasteiger partial charge in [0.05, 0.1) is 28.2 Å². The van der Waals surface area contributed by atoms with E-state index in [2.05, 4.69) is 15.0 Å². The quantitative estimate of drug-likeness (QED) is 0.369. The lowest BCUT2D eigenvalue weighted by Crippen LogP contribution is -2.23. The lowest BCUT2D eigenvalue weighted by molar-refractivity contribution is 0.0950. The van der Waals surface area contributed by atoms with E-state index in [0.717, 1.165) is 11.3 Å². The topological polar surface area (TPSA) is 100 Å². The number of aromatic nitrogens is 1. The van der Waals surface area contributed by atoms with Crippen molar-refractivity contribution in [1.82, 2.24) is 10.3 Å². The van der Waals surface area contributed by atoms with E-state index >= 15 is 0 Å². The van der Waals surface area contributed by atoms with Crippen LogP contribution in [-0.2, 0) is 16.6 Å². The highest BCUT2D eigenvalue weighted by Crippen LogP contribution is 2.30. The second-order valence-electron chi connectivity index (χ2n) is 7.03. The largest absolute Gasteiger partial charge is 0.497 e. The first-order chi connectivity index (χ1) is 15.4. The fourth-order valence-electron chi connectivity index (χ4n) is 3.24. The van der Waals surface area contributed by atoms with Crippen molar-refractivity contribution in [2.24, 2.45) is 0 Å². The maximum Gasteiger partial charge on any atom is 0.261 e. The molecule has 0 unspecified atom stereocenters. The maximum atomic E-state index is 13.0. The predicted octanol–water partition coefficient (Wildman–Crippen LogP) is 4.56. The van der Waals surface area contributed by atoms with Crippen LogP contribution < -0.4 is 14.8 Å². The number of hydrogen-bond donors (Lipinski definition) is 3. The summed E-state index contributed by atoms with van der Waals surface area (Å²) in [6.45, 7) is 0.299. The van der Waals surface area contributed by atoms with E-state index in [4.69, 9.17) is 16.3 Å². The van der Waals surface area contributed by atoms with Gasteiger partial charge in [-0.05, 0) is 42.0 Å². The fraction of sp³-hybridized carbons (Fsp3) is 0.0870. The molecule has 164 valence electrons. The molecule has 0 spiro atoms. The molecular formula is C23H20ClN3O4S. The summed E-state index contributed by atoms with van der Waals surface area (Å²) in [5, 5.41) is 4.00. The Morgan fingerprint density at radius 3 is 2.56 bits per heavy atom. The summed E-state index contributed by atoms with van der Waals surface area (Å²) in [5.74, 6) is 0.346. The molecule has 32 heavy (non-hydrogen) atoms. The monoisotopic (exact) mass is 469 g/mol. The molecular weight excluding hydrogens is 450 g/mol. The number of hydrogen-bond acceptors (Lipinski definition) is 4. The fourth-order valence-corrected chi connectivity index (χ4v) is 4.57. The van der Waals surface area contributed by atoms with E-state index in [-0.39, 0.29) is 16.4 Å². The first-order valence-electron chi connectivity index (χ1n) is 9.67. The van der Waals surface area contributed by atoms with Gasteiger partial charge in [0.2, 0.25) is 0 Å². The Morgan fingerprint density at radius 1 is 1.06 bits per heavy atom. The number of methoxy groups -OCH3 is 1. The summed E-state index contributed by atoms with van der Waals surface area (Å²) >= 11 is 6.12. The Balaban J connectivity index is 1.51. The van der Waals surface area contributed by atoms with Crippen molar-refractivity contribution in [2.75, 3.05) is 11.8 Å². The minimum absolute atomic E-state index is 0.0238. The lowest BCUT2D eigenvalue weighted by Gasteiger charge is -2.11. The number of carbonyl (C=O) groups excluding carboxylic acids is 1. The van der Waals surface area contributed by atoms with E-state index < -0.39 is 10.0 Å². The van der Waals surface area contributed by atoms with Gasteiger partial charge in [-0.1, -0.05) is 41.9 Å². The van der Waals surface area contributed by atoms with Gasteiger partial charge in [0.15, 0.2) is 0 Å². The maximum absolute atomic E-state index is 13.0. The average molecular weight is 470 g/mol. The molecule has 1 aromatic heterocycles. The average Bonchev–Trinajstić information content (AvgIpc) is 3.19. The van der Waals surface area contributed by atoms with Crippen LogP contribution in [0.3, 0.4) is 0 Å². The number of anilines is 1. The van der Waals surface area contributed by atoms with E-state index in [1.807, 2.05) is 12.1 Å². The standard InChI is InChI=1S/C23H20ClN3O4S/c1-31-17-10-8-15(9-11-17)13-26-23(28)16-4-2-5-18(12-16)32(29,30)27-21-7-3-6-19-20(24)14-25-22(19)21/h2-12,14,25,27H,13H2,1H3,(H,26,28). The summed E-state index contributed by atoms with van der Waals surface area (Å²) < 4.78 is 33.6. The zero-order valence-electron chi connectivity index (χ0n) is 17.1. The highest BCUT2D eigenvalue weighted by atomic mass is 35.5. The molecule has 0 saturated carbocycles. The van der Waals surface area contributed by atoms with Gasteiger partial charge in [-0.25, -0.2) is 8.42 Å². The van der Waals surface area contributed by atoms with Gasteiger partial charge < -0.3 is 15.0 Å². The molecule has 0 radical (unpaired) electrons. The molecule has 0 aliphatic carbocycles. The summed E-state index contributed by atoms with van der Waals surface area (Å²) in [6.07, 6.45) is 1.60. The molecule has 1 heterocycles. The van der Waals surface area contributed by atoms with Gasteiger partial charge in [0, 0.05) is 23.7 Å². The summed E-state index contributed by atoms with van der Waals surface area (Å²) in [4.78, 5) is 15.5. The number of fused-ring (bicyclic) bond motifs is 1. The highest BCUT2D eigenvalue weighted by molar-refractivity contribution is 7.92. The third kappa shape index (κ3) is 4.56. The van der Waals surface area contributed by atoms with Gasteiger partial charge in [-0.2, -0.15) is 0 Å². The molecule has 0 aliphatic rings. The van der Waals surface area contributed by atoms with E-state index in [9.17, 15) is 13.2 Å². The third-order valence-corrected chi connectivity index (χ3v) is 6.60. The minimum atomic E-state index is -3.93. The van der Waals surface area contributed by atoms with Gasteiger partial charge in [0.25, 0.3) is 15.9 Å². The number of aromatic amines is 1. The Morgan fingerprint density at radius 2 is 1.81 bits per heavy atom.